The van der Waals surface area contributed by atoms with Gasteiger partial charge in [0.15, 0.2) is 0 Å². The first-order valence-electron chi connectivity index (χ1n) is 6.80. The highest BCUT2D eigenvalue weighted by atomic mass is 32.2. The zero-order valence-corrected chi connectivity index (χ0v) is 14.0. The third kappa shape index (κ3) is 4.92. The second-order valence-corrected chi connectivity index (χ2v) is 6.20. The molecule has 0 amide bonds. The Balaban J connectivity index is 3.03. The number of nitrogens with zero attached hydrogens (tertiary/aromatic N) is 3. The number of rotatable bonds is 7. The van der Waals surface area contributed by atoms with Gasteiger partial charge in [0, 0.05) is 19.2 Å². The van der Waals surface area contributed by atoms with Gasteiger partial charge in [0.2, 0.25) is 0 Å². The minimum absolute atomic E-state index is 0.297. The van der Waals surface area contributed by atoms with Crippen LogP contribution in [0.5, 0.6) is 0 Å². The maximum atomic E-state index is 11.1. The molecule has 120 valence electrons. The summed E-state index contributed by atoms with van der Waals surface area (Å²) >= 11 is 6.45. The van der Waals surface area contributed by atoms with Gasteiger partial charge in [0.1, 0.15) is 4.32 Å². The van der Waals surface area contributed by atoms with Gasteiger partial charge in [-0.3, -0.25) is 20.2 Å². The molecule has 0 heterocycles. The second kappa shape index (κ2) is 8.64. The van der Waals surface area contributed by atoms with Crippen molar-refractivity contribution >= 4 is 39.7 Å². The number of benzene rings is 1. The third-order valence-electron chi connectivity index (χ3n) is 2.79. The maximum Gasteiger partial charge on any atom is 0.290 e. The van der Waals surface area contributed by atoms with Gasteiger partial charge in [-0.1, -0.05) is 37.8 Å². The third-order valence-corrected chi connectivity index (χ3v) is 4.30. The largest absolute Gasteiger partial charge is 0.357 e. The van der Waals surface area contributed by atoms with Gasteiger partial charge in [-0.15, -0.1) is 0 Å². The van der Waals surface area contributed by atoms with Crippen molar-refractivity contribution in [3.8, 4) is 0 Å². The van der Waals surface area contributed by atoms with Crippen molar-refractivity contribution in [3.63, 3.8) is 0 Å². The zero-order chi connectivity index (χ0) is 16.7. The molecule has 0 radical (unpaired) electrons. The Morgan fingerprint density at radius 1 is 1.18 bits per heavy atom. The van der Waals surface area contributed by atoms with Crippen LogP contribution in [0.15, 0.2) is 23.1 Å². The first-order valence-corrected chi connectivity index (χ1v) is 8.02. The van der Waals surface area contributed by atoms with Gasteiger partial charge in [0.25, 0.3) is 11.4 Å². The summed E-state index contributed by atoms with van der Waals surface area (Å²) in [6.07, 6.45) is 1.84. The Morgan fingerprint density at radius 2 is 1.77 bits per heavy atom. The summed E-state index contributed by atoms with van der Waals surface area (Å²) in [5.74, 6) is 0. The summed E-state index contributed by atoms with van der Waals surface area (Å²) in [6.45, 7) is 5.62. The number of thioether (sulfide) groups is 1. The average molecular weight is 343 g/mol. The van der Waals surface area contributed by atoms with E-state index in [0.29, 0.717) is 9.22 Å². The molecule has 0 fully saturated rings. The van der Waals surface area contributed by atoms with Crippen molar-refractivity contribution in [1.29, 1.82) is 0 Å². The SMILES string of the molecule is CCCN(CCC)C(=S)Sc1ccc([N+](=O)[O-])cc1[N+](=O)[O-]. The van der Waals surface area contributed by atoms with E-state index >= 15 is 0 Å². The number of nitro groups is 2. The Morgan fingerprint density at radius 3 is 2.23 bits per heavy atom. The normalized spacial score (nSPS) is 10.3. The van der Waals surface area contributed by atoms with Gasteiger partial charge in [-0.05, 0) is 18.9 Å². The minimum atomic E-state index is -0.653. The van der Waals surface area contributed by atoms with E-state index in [-0.39, 0.29) is 11.4 Å². The van der Waals surface area contributed by atoms with Crippen LogP contribution >= 0.6 is 24.0 Å². The number of thiocarbonyl (C=S) groups is 1. The summed E-state index contributed by atoms with van der Waals surface area (Å²) in [6, 6.07) is 3.60. The summed E-state index contributed by atoms with van der Waals surface area (Å²) in [5, 5.41) is 21.8. The molecule has 1 aromatic carbocycles. The van der Waals surface area contributed by atoms with E-state index in [1.807, 2.05) is 18.7 Å². The van der Waals surface area contributed by atoms with Crippen molar-refractivity contribution < 1.29 is 9.85 Å². The Hall–Kier alpha value is -1.74. The average Bonchev–Trinajstić information content (AvgIpc) is 2.46. The van der Waals surface area contributed by atoms with Crippen molar-refractivity contribution in [2.75, 3.05) is 13.1 Å². The first kappa shape index (κ1) is 18.3. The van der Waals surface area contributed by atoms with E-state index in [1.54, 1.807) is 0 Å². The van der Waals surface area contributed by atoms with Crippen LogP contribution in [0.1, 0.15) is 26.7 Å². The number of hydrogen-bond acceptors (Lipinski definition) is 6. The Kier molecular flexibility index (Phi) is 7.19. The topological polar surface area (TPSA) is 89.5 Å². The molecule has 7 nitrogen and oxygen atoms in total. The highest BCUT2D eigenvalue weighted by Crippen LogP contribution is 2.34. The first-order chi connectivity index (χ1) is 10.4. The zero-order valence-electron chi connectivity index (χ0n) is 12.4. The lowest BCUT2D eigenvalue weighted by molar-refractivity contribution is -0.396. The lowest BCUT2D eigenvalue weighted by atomic mass is 10.3. The van der Waals surface area contributed by atoms with Crippen LogP contribution in [0, 0.1) is 20.2 Å². The predicted molar refractivity (Wildman–Crippen MR) is 90.4 cm³/mol. The molecular weight excluding hydrogens is 326 g/mol. The van der Waals surface area contributed by atoms with E-state index < -0.39 is 9.85 Å². The summed E-state index contributed by atoms with van der Waals surface area (Å²) in [7, 11) is 0. The molecule has 0 aliphatic carbocycles. The van der Waals surface area contributed by atoms with E-state index in [4.69, 9.17) is 12.2 Å². The van der Waals surface area contributed by atoms with Crippen LogP contribution < -0.4 is 0 Å². The van der Waals surface area contributed by atoms with Gasteiger partial charge in [-0.2, -0.15) is 0 Å². The van der Waals surface area contributed by atoms with Crippen LogP contribution in [0.25, 0.3) is 0 Å². The second-order valence-electron chi connectivity index (χ2n) is 4.52. The Bertz CT molecular complexity index is 574. The Labute approximate surface area is 138 Å². The molecule has 1 aromatic rings. The molecular formula is C13H17N3O4S2. The van der Waals surface area contributed by atoms with Crippen molar-refractivity contribution in [3.05, 3.63) is 38.4 Å². The fourth-order valence-electron chi connectivity index (χ4n) is 1.84. The predicted octanol–water partition coefficient (Wildman–Crippen LogP) is 4.00. The van der Waals surface area contributed by atoms with Crippen LogP contribution in [0.2, 0.25) is 0 Å². The quantitative estimate of drug-likeness (QED) is 0.320. The molecule has 22 heavy (non-hydrogen) atoms. The molecule has 0 atom stereocenters. The number of non-ortho nitro benzene ring substituents is 1. The summed E-state index contributed by atoms with van der Waals surface area (Å²) in [4.78, 5) is 22.9. The monoisotopic (exact) mass is 343 g/mol. The molecule has 0 unspecified atom stereocenters. The van der Waals surface area contributed by atoms with E-state index in [9.17, 15) is 20.2 Å². The maximum absolute atomic E-state index is 11.1. The molecule has 0 saturated carbocycles. The van der Waals surface area contributed by atoms with Gasteiger partial charge in [0.05, 0.1) is 20.8 Å². The molecule has 0 spiro atoms. The number of hydrogen-bond donors (Lipinski definition) is 0. The lowest BCUT2D eigenvalue weighted by Crippen LogP contribution is -2.29. The standard InChI is InChI=1S/C13H17N3O4S2/c1-3-7-14(8-4-2)13(21)22-12-6-5-10(15(17)18)9-11(12)16(19)20/h5-6,9H,3-4,7-8H2,1-2H3. The fourth-order valence-corrected chi connectivity index (χ4v) is 3.17. The minimum Gasteiger partial charge on any atom is -0.357 e. The van der Waals surface area contributed by atoms with Gasteiger partial charge < -0.3 is 4.90 Å². The van der Waals surface area contributed by atoms with Crippen LogP contribution in [0.3, 0.4) is 0 Å². The van der Waals surface area contributed by atoms with E-state index in [2.05, 4.69) is 0 Å². The van der Waals surface area contributed by atoms with E-state index in [1.165, 1.54) is 12.1 Å². The summed E-state index contributed by atoms with van der Waals surface area (Å²) < 4.78 is 0.542. The molecule has 0 aliphatic heterocycles. The molecule has 0 saturated heterocycles. The van der Waals surface area contributed by atoms with Crippen molar-refractivity contribution in [1.82, 2.24) is 4.90 Å². The van der Waals surface area contributed by atoms with Crippen LogP contribution in [0.4, 0.5) is 11.4 Å². The highest BCUT2D eigenvalue weighted by Gasteiger charge is 2.22. The number of nitro benzene ring substituents is 2. The fraction of sp³-hybridized carbons (Fsp3) is 0.462. The summed E-state index contributed by atoms with van der Waals surface area (Å²) in [5.41, 5.74) is -0.601. The van der Waals surface area contributed by atoms with Crippen LogP contribution in [-0.4, -0.2) is 32.2 Å². The van der Waals surface area contributed by atoms with Gasteiger partial charge in [-0.25, -0.2) is 0 Å². The molecule has 0 bridgehead atoms. The molecule has 9 heteroatoms. The van der Waals surface area contributed by atoms with Crippen molar-refractivity contribution in [2.24, 2.45) is 0 Å². The van der Waals surface area contributed by atoms with Crippen LogP contribution in [-0.2, 0) is 0 Å². The molecule has 0 N–H and O–H groups in total. The molecule has 1 rings (SSSR count). The molecule has 0 aliphatic rings. The lowest BCUT2D eigenvalue weighted by Gasteiger charge is -2.23. The van der Waals surface area contributed by atoms with Crippen molar-refractivity contribution in [2.45, 2.75) is 31.6 Å². The van der Waals surface area contributed by atoms with E-state index in [0.717, 1.165) is 43.8 Å². The van der Waals surface area contributed by atoms with Gasteiger partial charge >= 0.3 is 0 Å². The smallest absolute Gasteiger partial charge is 0.290 e. The molecule has 0 aromatic heterocycles. The highest BCUT2D eigenvalue weighted by molar-refractivity contribution is 8.23.